The van der Waals surface area contributed by atoms with Crippen molar-refractivity contribution in [3.05, 3.63) is 29.3 Å². The predicted molar refractivity (Wildman–Crippen MR) is 72.7 cm³/mol. The molecule has 90 valence electrons. The first kappa shape index (κ1) is 13.8. The van der Waals surface area contributed by atoms with Crippen LogP contribution < -0.4 is 11.3 Å². The SMILES string of the molecule is CC(C)(C)C(CSc1ccccc1Cl)NN. The normalized spacial score (nSPS) is 13.8. The third kappa shape index (κ3) is 3.98. The van der Waals surface area contributed by atoms with E-state index in [1.807, 2.05) is 24.3 Å². The molecule has 0 aliphatic carbocycles. The molecule has 0 saturated carbocycles. The van der Waals surface area contributed by atoms with Crippen LogP contribution in [0.1, 0.15) is 20.8 Å². The third-order valence-corrected chi connectivity index (χ3v) is 4.10. The van der Waals surface area contributed by atoms with Gasteiger partial charge in [-0.1, -0.05) is 44.5 Å². The third-order valence-electron chi connectivity index (χ3n) is 2.49. The number of halogens is 1. The molecule has 1 aromatic carbocycles. The molecular weight excluding hydrogens is 240 g/mol. The molecule has 0 aliphatic heterocycles. The maximum atomic E-state index is 6.09. The lowest BCUT2D eigenvalue weighted by molar-refractivity contribution is 0.294. The van der Waals surface area contributed by atoms with Crippen molar-refractivity contribution in [2.45, 2.75) is 31.7 Å². The van der Waals surface area contributed by atoms with Crippen molar-refractivity contribution in [3.63, 3.8) is 0 Å². The summed E-state index contributed by atoms with van der Waals surface area (Å²) >= 11 is 7.82. The molecule has 16 heavy (non-hydrogen) atoms. The van der Waals surface area contributed by atoms with Gasteiger partial charge in [-0.15, -0.1) is 11.8 Å². The van der Waals surface area contributed by atoms with Crippen molar-refractivity contribution in [2.24, 2.45) is 11.3 Å². The molecule has 0 amide bonds. The van der Waals surface area contributed by atoms with E-state index < -0.39 is 0 Å². The summed E-state index contributed by atoms with van der Waals surface area (Å²) in [5, 5.41) is 0.803. The Hall–Kier alpha value is -0.220. The Labute approximate surface area is 107 Å². The van der Waals surface area contributed by atoms with Crippen LogP contribution in [0.25, 0.3) is 0 Å². The summed E-state index contributed by atoms with van der Waals surface area (Å²) in [5.41, 5.74) is 3.01. The van der Waals surface area contributed by atoms with Gasteiger partial charge in [-0.2, -0.15) is 0 Å². The number of hydrazine groups is 1. The molecule has 1 unspecified atom stereocenters. The molecule has 0 spiro atoms. The van der Waals surface area contributed by atoms with Gasteiger partial charge in [0, 0.05) is 16.7 Å². The number of hydrogen-bond donors (Lipinski definition) is 2. The largest absolute Gasteiger partial charge is 0.271 e. The molecule has 4 heteroatoms. The Balaban J connectivity index is 2.60. The van der Waals surface area contributed by atoms with Gasteiger partial charge in [-0.3, -0.25) is 11.3 Å². The number of rotatable bonds is 4. The summed E-state index contributed by atoms with van der Waals surface area (Å²) in [5.74, 6) is 6.47. The van der Waals surface area contributed by atoms with E-state index in [0.29, 0.717) is 0 Å². The minimum Gasteiger partial charge on any atom is -0.271 e. The van der Waals surface area contributed by atoms with Gasteiger partial charge in [0.05, 0.1) is 5.02 Å². The second kappa shape index (κ2) is 5.92. The first-order valence-electron chi connectivity index (χ1n) is 5.28. The molecule has 0 aromatic heterocycles. The molecule has 0 radical (unpaired) electrons. The maximum Gasteiger partial charge on any atom is 0.0541 e. The average molecular weight is 259 g/mol. The van der Waals surface area contributed by atoms with Gasteiger partial charge in [0.25, 0.3) is 0 Å². The van der Waals surface area contributed by atoms with Crippen molar-refractivity contribution < 1.29 is 0 Å². The summed E-state index contributed by atoms with van der Waals surface area (Å²) in [4.78, 5) is 1.11. The summed E-state index contributed by atoms with van der Waals surface area (Å²) < 4.78 is 0. The van der Waals surface area contributed by atoms with E-state index >= 15 is 0 Å². The van der Waals surface area contributed by atoms with E-state index in [-0.39, 0.29) is 11.5 Å². The topological polar surface area (TPSA) is 38.0 Å². The second-order valence-corrected chi connectivity index (χ2v) is 6.30. The Morgan fingerprint density at radius 2 is 2.00 bits per heavy atom. The molecule has 0 heterocycles. The lowest BCUT2D eigenvalue weighted by Gasteiger charge is -2.29. The molecule has 0 aliphatic rings. The maximum absolute atomic E-state index is 6.09. The molecule has 0 fully saturated rings. The van der Waals surface area contributed by atoms with Crippen LogP contribution in [0.15, 0.2) is 29.2 Å². The lowest BCUT2D eigenvalue weighted by atomic mass is 9.88. The predicted octanol–water partition coefficient (Wildman–Crippen LogP) is 3.31. The van der Waals surface area contributed by atoms with Crippen LogP contribution in [0.3, 0.4) is 0 Å². The number of thioether (sulfide) groups is 1. The van der Waals surface area contributed by atoms with Gasteiger partial charge >= 0.3 is 0 Å². The summed E-state index contributed by atoms with van der Waals surface area (Å²) in [7, 11) is 0. The zero-order valence-corrected chi connectivity index (χ0v) is 11.5. The molecule has 3 N–H and O–H groups in total. The molecule has 1 atom stereocenters. The van der Waals surface area contributed by atoms with Crippen LogP contribution >= 0.6 is 23.4 Å². The van der Waals surface area contributed by atoms with Crippen LogP contribution in [0.5, 0.6) is 0 Å². The van der Waals surface area contributed by atoms with Gasteiger partial charge in [-0.05, 0) is 17.5 Å². The zero-order chi connectivity index (χ0) is 12.2. The Morgan fingerprint density at radius 3 is 2.50 bits per heavy atom. The van der Waals surface area contributed by atoms with Crippen molar-refractivity contribution in [1.29, 1.82) is 0 Å². The molecular formula is C12H19ClN2S. The van der Waals surface area contributed by atoms with Gasteiger partial charge in [0.15, 0.2) is 0 Å². The van der Waals surface area contributed by atoms with Crippen molar-refractivity contribution in [3.8, 4) is 0 Å². The number of nitrogens with two attached hydrogens (primary N) is 1. The molecule has 1 aromatic rings. The lowest BCUT2D eigenvalue weighted by Crippen LogP contribution is -2.46. The Morgan fingerprint density at radius 1 is 1.38 bits per heavy atom. The summed E-state index contributed by atoms with van der Waals surface area (Å²) in [6, 6.07) is 8.13. The molecule has 0 saturated heterocycles. The smallest absolute Gasteiger partial charge is 0.0541 e. The quantitative estimate of drug-likeness (QED) is 0.494. The highest BCUT2D eigenvalue weighted by Gasteiger charge is 2.23. The molecule has 2 nitrogen and oxygen atoms in total. The van der Waals surface area contributed by atoms with E-state index in [1.54, 1.807) is 11.8 Å². The van der Waals surface area contributed by atoms with Crippen LogP contribution in [0.4, 0.5) is 0 Å². The fraction of sp³-hybridized carbons (Fsp3) is 0.500. The van der Waals surface area contributed by atoms with Crippen molar-refractivity contribution >= 4 is 23.4 Å². The minimum atomic E-state index is 0.142. The first-order valence-corrected chi connectivity index (χ1v) is 6.65. The van der Waals surface area contributed by atoms with E-state index in [0.717, 1.165) is 15.7 Å². The summed E-state index contributed by atoms with van der Waals surface area (Å²) in [6.45, 7) is 6.51. The van der Waals surface area contributed by atoms with Crippen molar-refractivity contribution in [2.75, 3.05) is 5.75 Å². The summed E-state index contributed by atoms with van der Waals surface area (Å²) in [6.07, 6.45) is 0. The van der Waals surface area contributed by atoms with E-state index in [4.69, 9.17) is 17.4 Å². The van der Waals surface area contributed by atoms with Gasteiger partial charge < -0.3 is 0 Å². The average Bonchev–Trinajstić information content (AvgIpc) is 2.19. The van der Waals surface area contributed by atoms with Crippen LogP contribution in [0.2, 0.25) is 5.02 Å². The fourth-order valence-electron chi connectivity index (χ4n) is 1.28. The van der Waals surface area contributed by atoms with Gasteiger partial charge in [0.2, 0.25) is 0 Å². The fourth-order valence-corrected chi connectivity index (χ4v) is 2.91. The van der Waals surface area contributed by atoms with E-state index in [2.05, 4.69) is 26.2 Å². The van der Waals surface area contributed by atoms with Crippen LogP contribution in [-0.4, -0.2) is 11.8 Å². The second-order valence-electron chi connectivity index (χ2n) is 4.83. The highest BCUT2D eigenvalue weighted by Crippen LogP contribution is 2.30. The zero-order valence-electron chi connectivity index (χ0n) is 9.96. The van der Waals surface area contributed by atoms with Crippen molar-refractivity contribution in [1.82, 2.24) is 5.43 Å². The minimum absolute atomic E-state index is 0.142. The molecule has 0 bridgehead atoms. The van der Waals surface area contributed by atoms with Crippen LogP contribution in [0, 0.1) is 5.41 Å². The molecule has 1 rings (SSSR count). The number of hydrogen-bond acceptors (Lipinski definition) is 3. The standard InChI is InChI=1S/C12H19ClN2S/c1-12(2,3)11(15-14)8-16-10-7-5-4-6-9(10)13/h4-7,11,15H,8,14H2,1-3H3. The highest BCUT2D eigenvalue weighted by molar-refractivity contribution is 7.99. The van der Waals surface area contributed by atoms with Gasteiger partial charge in [-0.25, -0.2) is 0 Å². The van der Waals surface area contributed by atoms with Gasteiger partial charge in [0.1, 0.15) is 0 Å². The monoisotopic (exact) mass is 258 g/mol. The van der Waals surface area contributed by atoms with Crippen LogP contribution in [-0.2, 0) is 0 Å². The Bertz CT molecular complexity index is 336. The number of benzene rings is 1. The first-order chi connectivity index (χ1) is 7.45. The number of nitrogens with one attached hydrogen (secondary N) is 1. The highest BCUT2D eigenvalue weighted by atomic mass is 35.5. The Kier molecular flexibility index (Phi) is 5.12. The van der Waals surface area contributed by atoms with E-state index in [9.17, 15) is 0 Å². The van der Waals surface area contributed by atoms with E-state index in [1.165, 1.54) is 0 Å².